The number of fused-ring (bicyclic) bond motifs is 5. The Morgan fingerprint density at radius 3 is 2.74 bits per heavy atom. The Labute approximate surface area is 197 Å². The largest absolute Gasteiger partial charge is 0.497 e. The fourth-order valence-corrected chi connectivity index (χ4v) is 6.09. The van der Waals surface area contributed by atoms with E-state index in [9.17, 15) is 14.7 Å². The molecule has 34 heavy (non-hydrogen) atoms. The molecule has 0 spiro atoms. The monoisotopic (exact) mass is 460 g/mol. The number of hydrogen-bond acceptors (Lipinski definition) is 6. The second-order valence-corrected chi connectivity index (χ2v) is 9.75. The number of carbonyl (C=O) groups is 1. The first-order valence-corrected chi connectivity index (χ1v) is 12.1. The Bertz CT molecular complexity index is 1400. The Kier molecular flexibility index (Phi) is 4.81. The van der Waals surface area contributed by atoms with Gasteiger partial charge in [0.1, 0.15) is 18.0 Å². The summed E-state index contributed by atoms with van der Waals surface area (Å²) in [4.78, 5) is 30.9. The van der Waals surface area contributed by atoms with Crippen molar-refractivity contribution in [3.05, 3.63) is 56.9 Å². The summed E-state index contributed by atoms with van der Waals surface area (Å²) in [7, 11) is 1.67. The van der Waals surface area contributed by atoms with Crippen LogP contribution >= 0.6 is 0 Å². The average molecular weight is 461 g/mol. The lowest BCUT2D eigenvalue weighted by Gasteiger charge is -2.26. The van der Waals surface area contributed by atoms with Gasteiger partial charge in [0.2, 0.25) is 0 Å². The third-order valence-corrected chi connectivity index (χ3v) is 7.96. The molecule has 1 unspecified atom stereocenters. The van der Waals surface area contributed by atoms with E-state index in [-0.39, 0.29) is 18.6 Å². The summed E-state index contributed by atoms with van der Waals surface area (Å²) in [6.07, 6.45) is 4.78. The first-order valence-electron chi connectivity index (χ1n) is 12.1. The predicted molar refractivity (Wildman–Crippen MR) is 127 cm³/mol. The molecule has 1 atom stereocenters. The van der Waals surface area contributed by atoms with Gasteiger partial charge in [0.05, 0.1) is 42.5 Å². The van der Waals surface area contributed by atoms with Gasteiger partial charge < -0.3 is 19.1 Å². The van der Waals surface area contributed by atoms with Crippen LogP contribution in [0.1, 0.15) is 73.6 Å². The van der Waals surface area contributed by atoms with Crippen molar-refractivity contribution in [1.29, 1.82) is 0 Å². The maximum absolute atomic E-state index is 13.7. The third kappa shape index (κ3) is 3.03. The number of hydrogen-bond donors (Lipinski definition) is 1. The van der Waals surface area contributed by atoms with Crippen molar-refractivity contribution in [1.82, 2.24) is 9.55 Å². The van der Waals surface area contributed by atoms with Crippen LogP contribution in [0.2, 0.25) is 0 Å². The summed E-state index contributed by atoms with van der Waals surface area (Å²) in [6, 6.07) is 7.82. The molecule has 2 aromatic heterocycles. The van der Waals surface area contributed by atoms with E-state index >= 15 is 0 Å². The van der Waals surface area contributed by atoms with Crippen molar-refractivity contribution in [3.63, 3.8) is 0 Å². The molecule has 4 heterocycles. The molecule has 1 saturated carbocycles. The van der Waals surface area contributed by atoms with Crippen LogP contribution in [-0.4, -0.2) is 27.7 Å². The van der Waals surface area contributed by atoms with Gasteiger partial charge in [-0.25, -0.2) is 4.98 Å². The zero-order valence-corrected chi connectivity index (χ0v) is 19.5. The minimum absolute atomic E-state index is 0.117. The molecule has 0 bridgehead atoms. The van der Waals surface area contributed by atoms with E-state index in [1.807, 2.05) is 25.1 Å². The number of cyclic esters (lactones) is 1. The summed E-state index contributed by atoms with van der Waals surface area (Å²) in [5.41, 5.74) is 3.94. The normalized spacial score (nSPS) is 21.7. The molecule has 0 saturated heterocycles. The molecule has 2 aliphatic heterocycles. The van der Waals surface area contributed by atoms with E-state index < -0.39 is 11.6 Å². The number of ether oxygens (including phenoxy) is 2. The van der Waals surface area contributed by atoms with Gasteiger partial charge in [-0.3, -0.25) is 9.59 Å². The Morgan fingerprint density at radius 2 is 2.00 bits per heavy atom. The van der Waals surface area contributed by atoms with Crippen molar-refractivity contribution in [2.75, 3.05) is 7.11 Å². The van der Waals surface area contributed by atoms with Crippen molar-refractivity contribution in [3.8, 4) is 17.1 Å². The van der Waals surface area contributed by atoms with E-state index in [1.165, 1.54) is 18.4 Å². The Balaban J connectivity index is 1.63. The molecule has 0 amide bonds. The molecule has 7 heteroatoms. The van der Waals surface area contributed by atoms with Gasteiger partial charge >= 0.3 is 5.97 Å². The van der Waals surface area contributed by atoms with Crippen LogP contribution in [0.15, 0.2) is 29.1 Å². The maximum Gasteiger partial charge on any atom is 0.309 e. The third-order valence-electron chi connectivity index (χ3n) is 7.96. The quantitative estimate of drug-likeness (QED) is 0.462. The predicted octanol–water partition coefficient (Wildman–Crippen LogP) is 4.14. The minimum Gasteiger partial charge on any atom is -0.497 e. The smallest absolute Gasteiger partial charge is 0.309 e. The second-order valence-electron chi connectivity index (χ2n) is 9.75. The topological polar surface area (TPSA) is 90.7 Å². The van der Waals surface area contributed by atoms with E-state index in [1.54, 1.807) is 11.7 Å². The van der Waals surface area contributed by atoms with E-state index in [0.29, 0.717) is 35.7 Å². The number of benzene rings is 1. The standard InChI is InChI=1S/C27H28N2O5/c1-3-27(32)12-23(30)34-14-19-20(27)11-22-25-18(13-29(22)26(19)31)24(15-6-4-5-7-15)17-10-16(33-2)8-9-21(17)28-25/h8-11,15,32H,3-7,12-14H2,1-2H3. The van der Waals surface area contributed by atoms with Gasteiger partial charge in [0.25, 0.3) is 5.56 Å². The van der Waals surface area contributed by atoms with Crippen LogP contribution in [0.3, 0.4) is 0 Å². The fourth-order valence-electron chi connectivity index (χ4n) is 6.09. The highest BCUT2D eigenvalue weighted by atomic mass is 16.5. The molecule has 176 valence electrons. The average Bonchev–Trinajstić information content (AvgIpc) is 3.47. The van der Waals surface area contributed by atoms with Crippen molar-refractivity contribution >= 4 is 16.9 Å². The molecular weight excluding hydrogens is 432 g/mol. The minimum atomic E-state index is -1.43. The van der Waals surface area contributed by atoms with Crippen molar-refractivity contribution < 1.29 is 19.4 Å². The zero-order chi connectivity index (χ0) is 23.6. The number of rotatable bonds is 3. The first kappa shape index (κ1) is 21.4. The number of esters is 1. The van der Waals surface area contributed by atoms with Gasteiger partial charge in [-0.15, -0.1) is 0 Å². The number of carbonyl (C=O) groups excluding carboxylic acids is 1. The lowest BCUT2D eigenvalue weighted by molar-refractivity contribution is -0.149. The van der Waals surface area contributed by atoms with Crippen LogP contribution < -0.4 is 10.3 Å². The molecule has 1 N–H and O–H groups in total. The van der Waals surface area contributed by atoms with E-state index in [2.05, 4.69) is 6.07 Å². The summed E-state index contributed by atoms with van der Waals surface area (Å²) < 4.78 is 12.5. The Hall–Kier alpha value is -3.19. The highest BCUT2D eigenvalue weighted by molar-refractivity contribution is 5.89. The highest BCUT2D eigenvalue weighted by Gasteiger charge is 2.40. The second kappa shape index (κ2) is 7.67. The molecule has 1 fully saturated rings. The summed E-state index contributed by atoms with van der Waals surface area (Å²) in [5.74, 6) is 0.720. The van der Waals surface area contributed by atoms with Crippen LogP contribution in [0.25, 0.3) is 22.3 Å². The van der Waals surface area contributed by atoms with Crippen LogP contribution in [0.5, 0.6) is 5.75 Å². The molecule has 3 aliphatic rings. The van der Waals surface area contributed by atoms with Crippen LogP contribution in [0.4, 0.5) is 0 Å². The number of pyridine rings is 2. The number of aromatic nitrogens is 2. The molecule has 7 nitrogen and oxygen atoms in total. The van der Waals surface area contributed by atoms with Crippen LogP contribution in [-0.2, 0) is 28.3 Å². The number of methoxy groups -OCH3 is 1. The Morgan fingerprint density at radius 1 is 1.21 bits per heavy atom. The number of nitrogens with zero attached hydrogens (tertiary/aromatic N) is 2. The summed E-state index contributed by atoms with van der Waals surface area (Å²) >= 11 is 0. The molecule has 0 radical (unpaired) electrons. The fraction of sp³-hybridized carbons (Fsp3) is 0.444. The SMILES string of the molecule is CCC1(O)CC(=O)OCc2c1cc1n(c2=O)Cc2c-1nc1ccc(OC)cc1c2C1CCCC1. The zero-order valence-electron chi connectivity index (χ0n) is 19.5. The number of aliphatic hydroxyl groups is 1. The van der Waals surface area contributed by atoms with E-state index in [0.717, 1.165) is 40.8 Å². The first-order chi connectivity index (χ1) is 16.4. The molecule has 3 aromatic rings. The molecule has 1 aromatic carbocycles. The molecular formula is C27H28N2O5. The van der Waals surface area contributed by atoms with Crippen LogP contribution in [0, 0.1) is 0 Å². The van der Waals surface area contributed by atoms with E-state index in [4.69, 9.17) is 14.5 Å². The maximum atomic E-state index is 13.7. The van der Waals surface area contributed by atoms with Gasteiger partial charge in [0.15, 0.2) is 0 Å². The van der Waals surface area contributed by atoms with Gasteiger partial charge in [-0.05, 0) is 60.6 Å². The summed E-state index contributed by atoms with van der Waals surface area (Å²) in [6.45, 7) is 2.13. The van der Waals surface area contributed by atoms with Crippen molar-refractivity contribution in [2.45, 2.75) is 70.1 Å². The van der Waals surface area contributed by atoms with Gasteiger partial charge in [-0.2, -0.15) is 0 Å². The lowest BCUT2D eigenvalue weighted by Crippen LogP contribution is -2.32. The lowest BCUT2D eigenvalue weighted by atomic mass is 9.85. The highest BCUT2D eigenvalue weighted by Crippen LogP contribution is 2.46. The van der Waals surface area contributed by atoms with Gasteiger partial charge in [-0.1, -0.05) is 19.8 Å². The van der Waals surface area contributed by atoms with Crippen molar-refractivity contribution in [2.24, 2.45) is 0 Å². The van der Waals surface area contributed by atoms with Gasteiger partial charge in [0, 0.05) is 10.9 Å². The molecule has 1 aliphatic carbocycles. The molecule has 6 rings (SSSR count). The summed E-state index contributed by atoms with van der Waals surface area (Å²) in [5, 5.41) is 12.4.